The molecule has 0 radical (unpaired) electrons. The first kappa shape index (κ1) is 29.7. The smallest absolute Gasteiger partial charge is 0.254 e. The van der Waals surface area contributed by atoms with Crippen molar-refractivity contribution in [2.24, 2.45) is 5.92 Å². The largest absolute Gasteiger partial charge is 0.461 e. The molecule has 1 aromatic heterocycles. The Hall–Kier alpha value is -3.36. The summed E-state index contributed by atoms with van der Waals surface area (Å²) in [4.78, 5) is 19.5. The Labute approximate surface area is 257 Å². The number of benzene rings is 2. The van der Waals surface area contributed by atoms with Crippen LogP contribution in [0.5, 0.6) is 0 Å². The summed E-state index contributed by atoms with van der Waals surface area (Å²) in [6, 6.07) is 13.0. The van der Waals surface area contributed by atoms with Crippen molar-refractivity contribution in [1.82, 2.24) is 14.9 Å². The van der Waals surface area contributed by atoms with Crippen molar-refractivity contribution in [1.29, 1.82) is 0 Å². The number of imidazole rings is 1. The highest BCUT2D eigenvalue weighted by Gasteiger charge is 2.50. The second-order valence-corrected chi connectivity index (χ2v) is 12.3. The van der Waals surface area contributed by atoms with Crippen LogP contribution in [-0.2, 0) is 31.0 Å². The van der Waals surface area contributed by atoms with Gasteiger partial charge in [0.25, 0.3) is 5.91 Å². The summed E-state index contributed by atoms with van der Waals surface area (Å²) in [5.74, 6) is 0.194. The average Bonchev–Trinajstić information content (AvgIpc) is 3.84. The van der Waals surface area contributed by atoms with Gasteiger partial charge in [-0.05, 0) is 48.8 Å². The summed E-state index contributed by atoms with van der Waals surface area (Å²) < 4.78 is 34.8. The highest BCUT2D eigenvalue weighted by atomic mass is 35.5. The number of carbonyl (C=O) groups excluding carboxylic acids is 1. The number of nitrogens with zero attached hydrogens (tertiary/aromatic N) is 2. The molecule has 3 aliphatic rings. The fraction of sp³-hybridized carbons (Fsp3) is 0.471. The molecule has 0 bridgehead atoms. The fourth-order valence-electron chi connectivity index (χ4n) is 7.15. The first-order valence-corrected chi connectivity index (χ1v) is 15.8. The van der Waals surface area contributed by atoms with E-state index in [9.17, 15) is 4.79 Å². The maximum atomic E-state index is 15.3. The van der Waals surface area contributed by atoms with Crippen LogP contribution in [0.15, 0.2) is 66.9 Å². The van der Waals surface area contributed by atoms with Crippen LogP contribution in [-0.4, -0.2) is 35.4 Å². The standard InChI is InChI=1S/C34H39ClFN3O4/c1-41-31(24-12-6-3-7-13-24)26-16-17-27(36)30(35)29(26)32-37-18-19-39(32)34(28-21-42-22-43-28,20-23-10-4-2-5-11-23)33(40)38-25-14-8-9-15-25/h2,4-5,10-11,16-19,21,24-25,31H,3,6-9,12-15,20,22H2,1H3,(H,38,40). The van der Waals surface area contributed by atoms with Gasteiger partial charge in [-0.3, -0.25) is 4.79 Å². The molecular formula is C34H39ClFN3O4. The number of methoxy groups -OCH3 is 1. The van der Waals surface area contributed by atoms with Crippen LogP contribution in [0.25, 0.3) is 11.4 Å². The van der Waals surface area contributed by atoms with E-state index >= 15 is 4.39 Å². The molecule has 9 heteroatoms. The van der Waals surface area contributed by atoms with Crippen LogP contribution in [0.4, 0.5) is 4.39 Å². The first-order valence-electron chi connectivity index (χ1n) is 15.4. The second kappa shape index (κ2) is 13.1. The zero-order valence-electron chi connectivity index (χ0n) is 24.6. The van der Waals surface area contributed by atoms with Gasteiger partial charge in [0, 0.05) is 37.5 Å². The third-order valence-electron chi connectivity index (χ3n) is 9.29. The van der Waals surface area contributed by atoms with Crippen LogP contribution in [0.2, 0.25) is 5.02 Å². The molecule has 2 atom stereocenters. The van der Waals surface area contributed by atoms with Gasteiger partial charge in [-0.25, -0.2) is 9.37 Å². The number of hydrogen-bond donors (Lipinski definition) is 1. The minimum atomic E-state index is -1.42. The van der Waals surface area contributed by atoms with E-state index in [-0.39, 0.29) is 42.2 Å². The zero-order valence-corrected chi connectivity index (χ0v) is 25.3. The van der Waals surface area contributed by atoms with Gasteiger partial charge in [0.05, 0.1) is 11.1 Å². The number of carbonyl (C=O) groups is 1. The molecule has 0 saturated heterocycles. The molecule has 2 saturated carbocycles. The Morgan fingerprint density at radius 3 is 2.56 bits per heavy atom. The van der Waals surface area contributed by atoms with E-state index in [1.54, 1.807) is 30.1 Å². The summed E-state index contributed by atoms with van der Waals surface area (Å²) in [6.45, 7) is -0.00792. The Bertz CT molecular complexity index is 1450. The molecule has 3 aromatic rings. The fourth-order valence-corrected chi connectivity index (χ4v) is 7.41. The second-order valence-electron chi connectivity index (χ2n) is 11.9. The normalized spacial score (nSPS) is 19.7. The topological polar surface area (TPSA) is 74.6 Å². The molecule has 0 spiro atoms. The maximum absolute atomic E-state index is 15.3. The lowest BCUT2D eigenvalue weighted by Crippen LogP contribution is -2.54. The molecule has 43 heavy (non-hydrogen) atoms. The van der Waals surface area contributed by atoms with Crippen LogP contribution >= 0.6 is 11.6 Å². The monoisotopic (exact) mass is 607 g/mol. The van der Waals surface area contributed by atoms with Crippen molar-refractivity contribution in [3.8, 4) is 11.4 Å². The summed E-state index contributed by atoms with van der Waals surface area (Å²) in [5, 5.41) is 3.26. The summed E-state index contributed by atoms with van der Waals surface area (Å²) in [7, 11) is 1.69. The van der Waals surface area contributed by atoms with Gasteiger partial charge < -0.3 is 24.1 Å². The number of amides is 1. The number of aromatic nitrogens is 2. The average molecular weight is 608 g/mol. The Balaban J connectivity index is 1.55. The Morgan fingerprint density at radius 1 is 1.12 bits per heavy atom. The third kappa shape index (κ3) is 5.79. The van der Waals surface area contributed by atoms with Crippen LogP contribution < -0.4 is 5.32 Å². The van der Waals surface area contributed by atoms with E-state index in [1.807, 2.05) is 30.3 Å². The highest BCUT2D eigenvalue weighted by Crippen LogP contribution is 2.45. The van der Waals surface area contributed by atoms with Crippen molar-refractivity contribution in [2.45, 2.75) is 81.9 Å². The lowest BCUT2D eigenvalue weighted by atomic mass is 9.81. The van der Waals surface area contributed by atoms with E-state index in [0.29, 0.717) is 17.1 Å². The van der Waals surface area contributed by atoms with Crippen molar-refractivity contribution in [3.63, 3.8) is 0 Å². The number of rotatable bonds is 10. The Kier molecular flexibility index (Phi) is 9.05. The van der Waals surface area contributed by atoms with Crippen molar-refractivity contribution < 1.29 is 23.4 Å². The maximum Gasteiger partial charge on any atom is 0.254 e. The van der Waals surface area contributed by atoms with Crippen LogP contribution in [0, 0.1) is 11.7 Å². The lowest BCUT2D eigenvalue weighted by Gasteiger charge is -2.36. The minimum Gasteiger partial charge on any atom is -0.461 e. The van der Waals surface area contributed by atoms with E-state index in [2.05, 4.69) is 5.32 Å². The van der Waals surface area contributed by atoms with Gasteiger partial charge in [0.15, 0.2) is 11.3 Å². The number of nitrogens with one attached hydrogen (secondary N) is 1. The zero-order chi connectivity index (χ0) is 29.8. The molecule has 2 fully saturated rings. The number of halogens is 2. The predicted molar refractivity (Wildman–Crippen MR) is 163 cm³/mol. The van der Waals surface area contributed by atoms with E-state index in [0.717, 1.165) is 62.5 Å². The van der Waals surface area contributed by atoms with Crippen molar-refractivity contribution >= 4 is 17.5 Å². The van der Waals surface area contributed by atoms with E-state index in [4.69, 9.17) is 30.8 Å². The molecule has 1 aliphatic heterocycles. The lowest BCUT2D eigenvalue weighted by molar-refractivity contribution is -0.130. The Morgan fingerprint density at radius 2 is 1.86 bits per heavy atom. The quantitative estimate of drug-likeness (QED) is 0.259. The first-order chi connectivity index (χ1) is 21.0. The highest BCUT2D eigenvalue weighted by molar-refractivity contribution is 6.33. The molecule has 2 heterocycles. The van der Waals surface area contributed by atoms with E-state index < -0.39 is 11.4 Å². The summed E-state index contributed by atoms with van der Waals surface area (Å²) in [6.07, 6.45) is 14.3. The van der Waals surface area contributed by atoms with Gasteiger partial charge in [-0.2, -0.15) is 0 Å². The van der Waals surface area contributed by atoms with Gasteiger partial charge in [-0.15, -0.1) is 0 Å². The van der Waals surface area contributed by atoms with Crippen molar-refractivity contribution in [2.75, 3.05) is 13.9 Å². The molecule has 7 nitrogen and oxygen atoms in total. The van der Waals surface area contributed by atoms with Gasteiger partial charge >= 0.3 is 0 Å². The molecule has 2 aliphatic carbocycles. The van der Waals surface area contributed by atoms with Gasteiger partial charge in [0.2, 0.25) is 6.79 Å². The minimum absolute atomic E-state index is 0.00792. The molecule has 1 N–H and O–H groups in total. The molecule has 6 rings (SSSR count). The molecule has 2 unspecified atom stereocenters. The molecule has 1 amide bonds. The number of hydrogen-bond acceptors (Lipinski definition) is 5. The van der Waals surface area contributed by atoms with Crippen molar-refractivity contribution in [3.05, 3.63) is 88.8 Å². The predicted octanol–water partition coefficient (Wildman–Crippen LogP) is 7.45. The van der Waals surface area contributed by atoms with Gasteiger partial charge in [-0.1, -0.05) is 80.1 Å². The van der Waals surface area contributed by atoms with Gasteiger partial charge in [0.1, 0.15) is 17.9 Å². The molecular weight excluding hydrogens is 569 g/mol. The molecule has 2 aromatic carbocycles. The number of ether oxygens (including phenoxy) is 3. The summed E-state index contributed by atoms with van der Waals surface area (Å²) in [5.41, 5.74) is 0.681. The van der Waals surface area contributed by atoms with Crippen LogP contribution in [0.3, 0.4) is 0 Å². The SMILES string of the molecule is COC(c1ccc(F)c(Cl)c1-c1nccn1C(Cc1ccccc1)(C(=O)NC1CCCC1)C1=COCO1)C1CCCCC1. The van der Waals surface area contributed by atoms with E-state index in [1.165, 1.54) is 18.7 Å². The van der Waals surface area contributed by atoms with Crippen LogP contribution in [0.1, 0.15) is 75.0 Å². The third-order valence-corrected chi connectivity index (χ3v) is 9.66. The molecule has 228 valence electrons. The summed E-state index contributed by atoms with van der Waals surface area (Å²) >= 11 is 6.83.